The number of carbonyl (C=O) groups excluding carboxylic acids is 1. The highest BCUT2D eigenvalue weighted by atomic mass is 16.5. The molecule has 0 heterocycles. The summed E-state index contributed by atoms with van der Waals surface area (Å²) in [6, 6.07) is 7.55. The molecule has 1 rings (SSSR count). The molecule has 1 aromatic rings. The Morgan fingerprint density at radius 2 is 2.06 bits per heavy atom. The predicted octanol–water partition coefficient (Wildman–Crippen LogP) is 2.19. The summed E-state index contributed by atoms with van der Waals surface area (Å²) in [4.78, 5) is 10.6. The Hall–Kier alpha value is -1.84. The van der Waals surface area contributed by atoms with Gasteiger partial charge in [0.25, 0.3) is 0 Å². The van der Waals surface area contributed by atoms with Gasteiger partial charge in [-0.25, -0.2) is 5.43 Å². The summed E-state index contributed by atoms with van der Waals surface area (Å²) in [6.07, 6.45) is 1.59. The lowest BCUT2D eigenvalue weighted by atomic mass is 10.2. The van der Waals surface area contributed by atoms with E-state index in [1.54, 1.807) is 6.21 Å². The molecule has 0 fully saturated rings. The van der Waals surface area contributed by atoms with E-state index in [4.69, 9.17) is 4.74 Å². The van der Waals surface area contributed by atoms with Gasteiger partial charge < -0.3 is 4.74 Å². The van der Waals surface area contributed by atoms with Crippen LogP contribution in [0.1, 0.15) is 26.3 Å². The van der Waals surface area contributed by atoms with Gasteiger partial charge >= 0.3 is 0 Å². The molecule has 0 bridgehead atoms. The first kappa shape index (κ1) is 13.2. The van der Waals surface area contributed by atoms with E-state index in [1.165, 1.54) is 6.92 Å². The fraction of sp³-hybridized carbons (Fsp3) is 0.385. The first-order chi connectivity index (χ1) is 8.08. The topological polar surface area (TPSA) is 50.7 Å². The van der Waals surface area contributed by atoms with Gasteiger partial charge in [-0.3, -0.25) is 4.79 Å². The Kier molecular flexibility index (Phi) is 5.20. The third-order valence-electron chi connectivity index (χ3n) is 1.90. The molecule has 0 spiro atoms. The molecule has 0 aliphatic heterocycles. The van der Waals surface area contributed by atoms with E-state index in [-0.39, 0.29) is 5.91 Å². The Morgan fingerprint density at radius 1 is 1.41 bits per heavy atom. The monoisotopic (exact) mass is 234 g/mol. The first-order valence-electron chi connectivity index (χ1n) is 5.60. The van der Waals surface area contributed by atoms with E-state index < -0.39 is 0 Å². The number of amides is 1. The van der Waals surface area contributed by atoms with Crippen LogP contribution in [0.25, 0.3) is 0 Å². The second-order valence-corrected chi connectivity index (χ2v) is 4.20. The summed E-state index contributed by atoms with van der Waals surface area (Å²) in [5.41, 5.74) is 3.26. The fourth-order valence-electron chi connectivity index (χ4n) is 1.11. The number of benzene rings is 1. The normalized spacial score (nSPS) is 10.8. The maximum absolute atomic E-state index is 10.6. The molecule has 92 valence electrons. The van der Waals surface area contributed by atoms with Gasteiger partial charge in [0.05, 0.1) is 12.8 Å². The molecule has 4 nitrogen and oxygen atoms in total. The minimum absolute atomic E-state index is 0.182. The van der Waals surface area contributed by atoms with Crippen LogP contribution in [-0.4, -0.2) is 18.7 Å². The largest absolute Gasteiger partial charge is 0.493 e. The van der Waals surface area contributed by atoms with Crippen LogP contribution in [0.5, 0.6) is 5.75 Å². The van der Waals surface area contributed by atoms with Crippen molar-refractivity contribution < 1.29 is 9.53 Å². The highest BCUT2D eigenvalue weighted by molar-refractivity contribution is 5.81. The molecule has 0 radical (unpaired) electrons. The summed E-state index contributed by atoms with van der Waals surface area (Å²) in [5.74, 6) is 1.17. The Morgan fingerprint density at radius 3 is 2.59 bits per heavy atom. The van der Waals surface area contributed by atoms with Crippen LogP contribution >= 0.6 is 0 Å². The van der Waals surface area contributed by atoms with Gasteiger partial charge in [-0.15, -0.1) is 0 Å². The Balaban J connectivity index is 2.50. The van der Waals surface area contributed by atoms with E-state index >= 15 is 0 Å². The van der Waals surface area contributed by atoms with Crippen molar-refractivity contribution in [3.8, 4) is 5.75 Å². The quantitative estimate of drug-likeness (QED) is 0.627. The summed E-state index contributed by atoms with van der Waals surface area (Å²) in [7, 11) is 0. The van der Waals surface area contributed by atoms with Gasteiger partial charge in [0.1, 0.15) is 5.75 Å². The van der Waals surface area contributed by atoms with Gasteiger partial charge in [0.15, 0.2) is 0 Å². The first-order valence-corrected chi connectivity index (χ1v) is 5.60. The third-order valence-corrected chi connectivity index (χ3v) is 1.90. The molecule has 0 unspecified atom stereocenters. The van der Waals surface area contributed by atoms with Crippen LogP contribution < -0.4 is 10.2 Å². The van der Waals surface area contributed by atoms with E-state index in [0.717, 1.165) is 11.3 Å². The second-order valence-electron chi connectivity index (χ2n) is 4.20. The SMILES string of the molecule is CC(=O)N/N=C/c1ccc(OCC(C)C)cc1. The van der Waals surface area contributed by atoms with Crippen LogP contribution in [0.4, 0.5) is 0 Å². The average Bonchev–Trinajstić information content (AvgIpc) is 2.27. The van der Waals surface area contributed by atoms with Crippen molar-refractivity contribution in [1.29, 1.82) is 0 Å². The van der Waals surface area contributed by atoms with Crippen LogP contribution in [0.3, 0.4) is 0 Å². The summed E-state index contributed by atoms with van der Waals surface area (Å²) < 4.78 is 5.55. The molecule has 0 aromatic heterocycles. The molecule has 0 saturated carbocycles. The number of hydrazone groups is 1. The molecular weight excluding hydrogens is 216 g/mol. The van der Waals surface area contributed by atoms with E-state index in [1.807, 2.05) is 24.3 Å². The standard InChI is InChI=1S/C13H18N2O2/c1-10(2)9-17-13-6-4-12(5-7-13)8-14-15-11(3)16/h4-8,10H,9H2,1-3H3,(H,15,16)/b14-8+. The van der Waals surface area contributed by atoms with E-state index in [9.17, 15) is 4.79 Å². The van der Waals surface area contributed by atoms with Gasteiger partial charge in [-0.1, -0.05) is 13.8 Å². The van der Waals surface area contributed by atoms with Crippen molar-refractivity contribution in [1.82, 2.24) is 5.43 Å². The van der Waals surface area contributed by atoms with Crippen molar-refractivity contribution >= 4 is 12.1 Å². The molecule has 17 heavy (non-hydrogen) atoms. The Labute approximate surface area is 102 Å². The van der Waals surface area contributed by atoms with Crippen LogP contribution in [0.2, 0.25) is 0 Å². The van der Waals surface area contributed by atoms with Crippen molar-refractivity contribution in [2.75, 3.05) is 6.61 Å². The van der Waals surface area contributed by atoms with Crippen molar-refractivity contribution in [2.24, 2.45) is 11.0 Å². The van der Waals surface area contributed by atoms with Gasteiger partial charge in [-0.05, 0) is 35.7 Å². The fourth-order valence-corrected chi connectivity index (χ4v) is 1.11. The predicted molar refractivity (Wildman–Crippen MR) is 68.2 cm³/mol. The lowest BCUT2D eigenvalue weighted by molar-refractivity contribution is -0.118. The number of carbonyl (C=O) groups is 1. The van der Waals surface area contributed by atoms with Crippen molar-refractivity contribution in [2.45, 2.75) is 20.8 Å². The molecule has 0 aliphatic carbocycles. The van der Waals surface area contributed by atoms with Gasteiger partial charge in [0.2, 0.25) is 5.91 Å². The van der Waals surface area contributed by atoms with E-state index in [0.29, 0.717) is 12.5 Å². The third kappa shape index (κ3) is 5.70. The minimum atomic E-state index is -0.182. The molecular formula is C13H18N2O2. The molecule has 0 atom stereocenters. The van der Waals surface area contributed by atoms with Gasteiger partial charge in [-0.2, -0.15) is 5.10 Å². The second kappa shape index (κ2) is 6.68. The molecule has 4 heteroatoms. The zero-order chi connectivity index (χ0) is 12.7. The molecule has 1 amide bonds. The highest BCUT2D eigenvalue weighted by Gasteiger charge is 1.96. The lowest BCUT2D eigenvalue weighted by Gasteiger charge is -2.08. The highest BCUT2D eigenvalue weighted by Crippen LogP contribution is 2.12. The summed E-state index contributed by atoms with van der Waals surface area (Å²) in [6.45, 7) is 6.34. The van der Waals surface area contributed by atoms with Crippen LogP contribution in [0.15, 0.2) is 29.4 Å². The van der Waals surface area contributed by atoms with Crippen molar-refractivity contribution in [3.63, 3.8) is 0 Å². The number of nitrogens with one attached hydrogen (secondary N) is 1. The maximum Gasteiger partial charge on any atom is 0.236 e. The molecule has 0 aliphatic rings. The molecule has 0 saturated heterocycles. The number of hydrogen-bond acceptors (Lipinski definition) is 3. The average molecular weight is 234 g/mol. The summed E-state index contributed by atoms with van der Waals surface area (Å²) >= 11 is 0. The minimum Gasteiger partial charge on any atom is -0.493 e. The number of hydrogen-bond donors (Lipinski definition) is 1. The Bertz CT molecular complexity index is 383. The van der Waals surface area contributed by atoms with Gasteiger partial charge in [0, 0.05) is 6.92 Å². The number of rotatable bonds is 5. The molecule has 1 N–H and O–H groups in total. The number of nitrogens with zero attached hydrogens (tertiary/aromatic N) is 1. The van der Waals surface area contributed by atoms with Crippen molar-refractivity contribution in [3.05, 3.63) is 29.8 Å². The summed E-state index contributed by atoms with van der Waals surface area (Å²) in [5, 5.41) is 3.78. The van der Waals surface area contributed by atoms with Crippen LogP contribution in [0, 0.1) is 5.92 Å². The zero-order valence-electron chi connectivity index (χ0n) is 10.4. The number of ether oxygens (including phenoxy) is 1. The molecule has 1 aromatic carbocycles. The maximum atomic E-state index is 10.6. The lowest BCUT2D eigenvalue weighted by Crippen LogP contribution is -2.12. The van der Waals surface area contributed by atoms with E-state index in [2.05, 4.69) is 24.4 Å². The van der Waals surface area contributed by atoms with Crippen LogP contribution in [-0.2, 0) is 4.79 Å². The zero-order valence-corrected chi connectivity index (χ0v) is 10.4. The smallest absolute Gasteiger partial charge is 0.236 e.